The van der Waals surface area contributed by atoms with Gasteiger partial charge in [-0.25, -0.2) is 0 Å². The topological polar surface area (TPSA) is 0 Å². The maximum absolute atomic E-state index is 6.09. The summed E-state index contributed by atoms with van der Waals surface area (Å²) in [7, 11) is 0. The molecule has 1 aromatic carbocycles. The Bertz CT molecular complexity index is 453. The fraction of sp³-hybridized carbons (Fsp3) is 0.0909. The third-order valence-corrected chi connectivity index (χ3v) is 4.59. The third kappa shape index (κ3) is 2.56. The van der Waals surface area contributed by atoms with E-state index in [1.54, 1.807) is 0 Å². The van der Waals surface area contributed by atoms with Gasteiger partial charge in [-0.15, -0.1) is 11.3 Å². The second-order valence-electron chi connectivity index (χ2n) is 3.05. The smallest absolute Gasteiger partial charge is 0.0990 e. The average molecular weight is 322 g/mol. The molecule has 15 heavy (non-hydrogen) atoms. The van der Waals surface area contributed by atoms with Crippen molar-refractivity contribution in [2.75, 3.05) is 0 Å². The van der Waals surface area contributed by atoms with Crippen LogP contribution >= 0.6 is 50.5 Å². The van der Waals surface area contributed by atoms with Crippen LogP contribution in [0.15, 0.2) is 36.4 Å². The Labute approximate surface area is 111 Å². The van der Waals surface area contributed by atoms with Crippen LogP contribution in [0.3, 0.4) is 0 Å². The van der Waals surface area contributed by atoms with Crippen molar-refractivity contribution in [1.29, 1.82) is 0 Å². The van der Waals surface area contributed by atoms with Crippen molar-refractivity contribution in [1.82, 2.24) is 0 Å². The van der Waals surface area contributed by atoms with Crippen LogP contribution in [0.1, 0.15) is 16.0 Å². The Morgan fingerprint density at radius 1 is 1.13 bits per heavy atom. The minimum absolute atomic E-state index is 0.106. The summed E-state index contributed by atoms with van der Waals surface area (Å²) in [6.45, 7) is 0. The molecule has 78 valence electrons. The van der Waals surface area contributed by atoms with E-state index in [0.717, 1.165) is 14.2 Å². The summed E-state index contributed by atoms with van der Waals surface area (Å²) in [5.41, 5.74) is 2.20. The molecule has 1 atom stereocenters. The zero-order chi connectivity index (χ0) is 10.8. The number of benzene rings is 1. The highest BCUT2D eigenvalue weighted by molar-refractivity contribution is 9.09. The summed E-state index contributed by atoms with van der Waals surface area (Å²) < 4.78 is 1.46. The fourth-order valence-electron chi connectivity index (χ4n) is 1.33. The van der Waals surface area contributed by atoms with Gasteiger partial charge in [0.1, 0.15) is 0 Å². The standard InChI is InChI=1S/C11H7BrCl2S/c12-10(7-4-2-1-3-5-7)8-6-9(13)15-11(8)14/h1-6,10H. The van der Waals surface area contributed by atoms with Gasteiger partial charge in [0, 0.05) is 5.56 Å². The zero-order valence-corrected chi connectivity index (χ0v) is 11.5. The third-order valence-electron chi connectivity index (χ3n) is 2.05. The van der Waals surface area contributed by atoms with Crippen molar-refractivity contribution >= 4 is 50.5 Å². The molecule has 0 radical (unpaired) electrons. The SMILES string of the molecule is Clc1cc(C(Br)c2ccccc2)c(Cl)s1. The maximum Gasteiger partial charge on any atom is 0.0990 e. The molecule has 0 aliphatic heterocycles. The van der Waals surface area contributed by atoms with Crippen LogP contribution in [0, 0.1) is 0 Å². The summed E-state index contributed by atoms with van der Waals surface area (Å²) >= 11 is 17.0. The van der Waals surface area contributed by atoms with Gasteiger partial charge in [-0.3, -0.25) is 0 Å². The second kappa shape index (κ2) is 4.88. The Hall–Kier alpha value is -0.0200. The molecule has 0 saturated heterocycles. The summed E-state index contributed by atoms with van der Waals surface area (Å²) in [6.07, 6.45) is 0. The van der Waals surface area contributed by atoms with Gasteiger partial charge in [-0.05, 0) is 11.6 Å². The highest BCUT2D eigenvalue weighted by Gasteiger charge is 2.16. The Balaban J connectivity index is 2.36. The predicted molar refractivity (Wildman–Crippen MR) is 71.6 cm³/mol. The van der Waals surface area contributed by atoms with E-state index >= 15 is 0 Å². The summed E-state index contributed by atoms with van der Waals surface area (Å²) in [5, 5.41) is 0. The predicted octanol–water partition coefficient (Wildman–Crippen LogP) is 5.54. The lowest BCUT2D eigenvalue weighted by atomic mass is 10.1. The summed E-state index contributed by atoms with van der Waals surface area (Å²) in [4.78, 5) is 0.106. The number of thiophene rings is 1. The summed E-state index contributed by atoms with van der Waals surface area (Å²) in [6, 6.07) is 12.0. The monoisotopic (exact) mass is 320 g/mol. The van der Waals surface area contributed by atoms with Crippen LogP contribution in [0.2, 0.25) is 8.67 Å². The van der Waals surface area contributed by atoms with E-state index in [9.17, 15) is 0 Å². The Morgan fingerprint density at radius 3 is 2.33 bits per heavy atom. The largest absolute Gasteiger partial charge is 0.111 e. The van der Waals surface area contributed by atoms with Crippen LogP contribution in [0.4, 0.5) is 0 Å². The molecule has 1 unspecified atom stereocenters. The average Bonchev–Trinajstić information content (AvgIpc) is 2.58. The van der Waals surface area contributed by atoms with Gasteiger partial charge in [0.2, 0.25) is 0 Å². The molecule has 0 fully saturated rings. The quantitative estimate of drug-likeness (QED) is 0.637. The molecule has 2 aromatic rings. The molecule has 0 saturated carbocycles. The molecule has 4 heteroatoms. The molecule has 2 rings (SSSR count). The highest BCUT2D eigenvalue weighted by Crippen LogP contribution is 2.41. The van der Waals surface area contributed by atoms with E-state index in [1.165, 1.54) is 16.9 Å². The van der Waals surface area contributed by atoms with Crippen LogP contribution in [0.5, 0.6) is 0 Å². The zero-order valence-electron chi connectivity index (χ0n) is 7.58. The van der Waals surface area contributed by atoms with Gasteiger partial charge in [0.25, 0.3) is 0 Å². The normalized spacial score (nSPS) is 12.7. The van der Waals surface area contributed by atoms with Crippen molar-refractivity contribution in [3.63, 3.8) is 0 Å². The first-order chi connectivity index (χ1) is 7.18. The van der Waals surface area contributed by atoms with Gasteiger partial charge in [-0.2, -0.15) is 0 Å². The first-order valence-corrected chi connectivity index (χ1v) is 6.81. The van der Waals surface area contributed by atoms with Gasteiger partial charge in [0.15, 0.2) is 0 Å². The Morgan fingerprint density at radius 2 is 1.80 bits per heavy atom. The van der Waals surface area contributed by atoms with E-state index < -0.39 is 0 Å². The number of halogens is 3. The number of alkyl halides is 1. The van der Waals surface area contributed by atoms with Gasteiger partial charge in [0.05, 0.1) is 13.5 Å². The lowest BCUT2D eigenvalue weighted by Crippen LogP contribution is -1.90. The van der Waals surface area contributed by atoms with E-state index in [1.807, 2.05) is 24.3 Å². The molecule has 0 nitrogen and oxygen atoms in total. The van der Waals surface area contributed by atoms with Crippen molar-refractivity contribution in [2.45, 2.75) is 4.83 Å². The molecule has 0 spiro atoms. The number of rotatable bonds is 2. The first-order valence-electron chi connectivity index (χ1n) is 4.32. The Kier molecular flexibility index (Phi) is 3.73. The molecule has 1 aromatic heterocycles. The number of hydrogen-bond donors (Lipinski definition) is 0. The van der Waals surface area contributed by atoms with E-state index in [0.29, 0.717) is 0 Å². The minimum atomic E-state index is 0.106. The van der Waals surface area contributed by atoms with E-state index in [-0.39, 0.29) is 4.83 Å². The fourth-order valence-corrected chi connectivity index (χ4v) is 3.81. The van der Waals surface area contributed by atoms with Crippen molar-refractivity contribution in [3.05, 3.63) is 56.2 Å². The van der Waals surface area contributed by atoms with Crippen LogP contribution < -0.4 is 0 Å². The van der Waals surface area contributed by atoms with Crippen molar-refractivity contribution in [3.8, 4) is 0 Å². The molecule has 1 heterocycles. The van der Waals surface area contributed by atoms with E-state index in [2.05, 4.69) is 28.1 Å². The van der Waals surface area contributed by atoms with Gasteiger partial charge < -0.3 is 0 Å². The maximum atomic E-state index is 6.09. The first kappa shape index (κ1) is 11.5. The lowest BCUT2D eigenvalue weighted by molar-refractivity contribution is 1.19. The molecular formula is C11H7BrCl2S. The molecule has 0 bridgehead atoms. The van der Waals surface area contributed by atoms with Crippen molar-refractivity contribution in [2.24, 2.45) is 0 Å². The van der Waals surface area contributed by atoms with Gasteiger partial charge in [-0.1, -0.05) is 69.5 Å². The lowest BCUT2D eigenvalue weighted by Gasteiger charge is -2.08. The molecule has 0 aliphatic rings. The van der Waals surface area contributed by atoms with Crippen LogP contribution in [-0.2, 0) is 0 Å². The molecule has 0 amide bonds. The van der Waals surface area contributed by atoms with Crippen molar-refractivity contribution < 1.29 is 0 Å². The number of hydrogen-bond acceptors (Lipinski definition) is 1. The van der Waals surface area contributed by atoms with Crippen LogP contribution in [-0.4, -0.2) is 0 Å². The molecule has 0 aliphatic carbocycles. The summed E-state index contributed by atoms with van der Waals surface area (Å²) in [5.74, 6) is 0. The van der Waals surface area contributed by atoms with Gasteiger partial charge >= 0.3 is 0 Å². The van der Waals surface area contributed by atoms with Crippen LogP contribution in [0.25, 0.3) is 0 Å². The molecular weight excluding hydrogens is 315 g/mol. The second-order valence-corrected chi connectivity index (χ2v) is 6.25. The minimum Gasteiger partial charge on any atom is -0.111 e. The molecule has 0 N–H and O–H groups in total. The van der Waals surface area contributed by atoms with E-state index in [4.69, 9.17) is 23.2 Å². The highest BCUT2D eigenvalue weighted by atomic mass is 79.9.